The molecule has 1 N–H and O–H groups in total. The van der Waals surface area contributed by atoms with E-state index in [0.29, 0.717) is 16.8 Å². The number of hydrogen-bond donors (Lipinski definition) is 1. The maximum absolute atomic E-state index is 12.9. The fourth-order valence-corrected chi connectivity index (χ4v) is 4.54. The Morgan fingerprint density at radius 2 is 1.91 bits per heavy atom. The number of benzene rings is 2. The number of hydrogen-bond acceptors (Lipinski definition) is 7. The number of nitrogens with one attached hydrogen (secondary N) is 1. The van der Waals surface area contributed by atoms with Gasteiger partial charge < -0.3 is 14.6 Å². The van der Waals surface area contributed by atoms with E-state index >= 15 is 0 Å². The van der Waals surface area contributed by atoms with E-state index in [-0.39, 0.29) is 23.2 Å². The molecule has 34 heavy (non-hydrogen) atoms. The summed E-state index contributed by atoms with van der Waals surface area (Å²) in [6.07, 6.45) is 0. The smallest absolute Gasteiger partial charge is 0.339 e. The summed E-state index contributed by atoms with van der Waals surface area (Å²) in [5, 5.41) is 11.5. The van der Waals surface area contributed by atoms with Gasteiger partial charge in [-0.25, -0.2) is 9.78 Å². The topological polar surface area (TPSA) is 94.3 Å². The molecule has 5 aromatic rings. The standard InChI is InChI=1S/C26H21N3O4S/c1-15(18-10-9-17-6-3-4-7-19(17)12-18)27-23(30)14-32-26(31)20-13-21(22-8-5-11-34-22)28-25-24(20)16(2)29-33-25/h3-13,15H,14H2,1-2H3,(H,27,30). The van der Waals surface area contributed by atoms with Gasteiger partial charge in [-0.2, -0.15) is 0 Å². The van der Waals surface area contributed by atoms with Crippen molar-refractivity contribution in [3.63, 3.8) is 0 Å². The monoisotopic (exact) mass is 471 g/mol. The Balaban J connectivity index is 1.30. The molecule has 0 radical (unpaired) electrons. The number of carbonyl (C=O) groups is 2. The average Bonchev–Trinajstić information content (AvgIpc) is 3.52. The first-order valence-electron chi connectivity index (χ1n) is 10.8. The van der Waals surface area contributed by atoms with Crippen molar-refractivity contribution in [3.8, 4) is 10.6 Å². The van der Waals surface area contributed by atoms with Gasteiger partial charge in [-0.05, 0) is 53.8 Å². The molecule has 0 aliphatic rings. The second-order valence-electron chi connectivity index (χ2n) is 7.95. The zero-order valence-corrected chi connectivity index (χ0v) is 19.4. The minimum atomic E-state index is -0.634. The number of pyridine rings is 1. The Labute approximate surface area is 199 Å². The fourth-order valence-electron chi connectivity index (χ4n) is 3.86. The van der Waals surface area contributed by atoms with Crippen LogP contribution in [0.5, 0.6) is 0 Å². The Kier molecular flexibility index (Phi) is 5.81. The van der Waals surface area contributed by atoms with Gasteiger partial charge in [0.15, 0.2) is 6.61 Å². The Morgan fingerprint density at radius 3 is 2.71 bits per heavy atom. The molecule has 1 amide bonds. The van der Waals surface area contributed by atoms with Crippen molar-refractivity contribution >= 4 is 45.1 Å². The summed E-state index contributed by atoms with van der Waals surface area (Å²) in [5.74, 6) is -1.02. The summed E-state index contributed by atoms with van der Waals surface area (Å²) in [4.78, 5) is 30.8. The number of carbonyl (C=O) groups excluding carboxylic acids is 2. The fraction of sp³-hybridized carbons (Fsp3) is 0.154. The summed E-state index contributed by atoms with van der Waals surface area (Å²) in [7, 11) is 0. The van der Waals surface area contributed by atoms with Crippen molar-refractivity contribution in [2.45, 2.75) is 19.9 Å². The van der Waals surface area contributed by atoms with Crippen molar-refractivity contribution in [3.05, 3.63) is 82.9 Å². The number of thiophene rings is 1. The van der Waals surface area contributed by atoms with Gasteiger partial charge in [0.05, 0.1) is 33.3 Å². The van der Waals surface area contributed by atoms with Crippen molar-refractivity contribution in [2.75, 3.05) is 6.61 Å². The van der Waals surface area contributed by atoms with Crippen LogP contribution in [0.25, 0.3) is 32.4 Å². The summed E-state index contributed by atoms with van der Waals surface area (Å²) >= 11 is 1.49. The molecule has 7 nitrogen and oxygen atoms in total. The number of aryl methyl sites for hydroxylation is 1. The van der Waals surface area contributed by atoms with Crippen molar-refractivity contribution in [2.24, 2.45) is 0 Å². The van der Waals surface area contributed by atoms with E-state index in [4.69, 9.17) is 9.26 Å². The van der Waals surface area contributed by atoms with Crippen LogP contribution in [0.3, 0.4) is 0 Å². The third-order valence-electron chi connectivity index (χ3n) is 5.60. The highest BCUT2D eigenvalue weighted by molar-refractivity contribution is 7.13. The van der Waals surface area contributed by atoms with Crippen LogP contribution in [-0.4, -0.2) is 28.6 Å². The van der Waals surface area contributed by atoms with Crippen LogP contribution < -0.4 is 5.32 Å². The summed E-state index contributed by atoms with van der Waals surface area (Å²) in [6, 6.07) is 19.3. The van der Waals surface area contributed by atoms with Gasteiger partial charge >= 0.3 is 5.97 Å². The predicted molar refractivity (Wildman–Crippen MR) is 131 cm³/mol. The number of ether oxygens (including phenoxy) is 1. The van der Waals surface area contributed by atoms with E-state index in [1.165, 1.54) is 11.3 Å². The van der Waals surface area contributed by atoms with E-state index in [1.54, 1.807) is 13.0 Å². The van der Waals surface area contributed by atoms with Gasteiger partial charge in [0, 0.05) is 0 Å². The van der Waals surface area contributed by atoms with Gasteiger partial charge in [-0.15, -0.1) is 11.3 Å². The minimum Gasteiger partial charge on any atom is -0.452 e. The number of fused-ring (bicyclic) bond motifs is 2. The highest BCUT2D eigenvalue weighted by atomic mass is 32.1. The predicted octanol–water partition coefficient (Wildman–Crippen LogP) is 5.45. The SMILES string of the molecule is Cc1noc2nc(-c3cccs3)cc(C(=O)OCC(=O)NC(C)c3ccc4ccccc4c3)c12. The molecule has 0 saturated heterocycles. The molecule has 0 aliphatic heterocycles. The second-order valence-corrected chi connectivity index (χ2v) is 8.90. The molecule has 3 heterocycles. The van der Waals surface area contributed by atoms with E-state index in [0.717, 1.165) is 21.2 Å². The Bertz CT molecular complexity index is 1510. The lowest BCUT2D eigenvalue weighted by Gasteiger charge is -2.15. The van der Waals surface area contributed by atoms with Crippen molar-refractivity contribution in [1.29, 1.82) is 0 Å². The summed E-state index contributed by atoms with van der Waals surface area (Å²) in [5.41, 5.74) is 2.60. The van der Waals surface area contributed by atoms with Crippen LogP contribution in [0.1, 0.15) is 34.6 Å². The molecular formula is C26H21N3O4S. The van der Waals surface area contributed by atoms with E-state index in [9.17, 15) is 9.59 Å². The largest absolute Gasteiger partial charge is 0.452 e. The third-order valence-corrected chi connectivity index (χ3v) is 6.49. The van der Waals surface area contributed by atoms with Gasteiger partial charge in [0.2, 0.25) is 0 Å². The van der Waals surface area contributed by atoms with Crippen LogP contribution in [0.4, 0.5) is 0 Å². The lowest BCUT2D eigenvalue weighted by Crippen LogP contribution is -2.31. The molecule has 1 unspecified atom stereocenters. The normalized spacial score (nSPS) is 12.1. The summed E-state index contributed by atoms with van der Waals surface area (Å²) in [6.45, 7) is 3.22. The molecule has 1 atom stereocenters. The molecule has 0 saturated carbocycles. The highest BCUT2D eigenvalue weighted by Gasteiger charge is 2.22. The van der Waals surface area contributed by atoms with E-state index < -0.39 is 12.6 Å². The number of aromatic nitrogens is 2. The molecule has 8 heteroatoms. The van der Waals surface area contributed by atoms with Crippen molar-refractivity contribution < 1.29 is 18.8 Å². The van der Waals surface area contributed by atoms with E-state index in [1.807, 2.05) is 66.9 Å². The maximum atomic E-state index is 12.9. The maximum Gasteiger partial charge on any atom is 0.339 e. The van der Waals surface area contributed by atoms with Gasteiger partial charge in [0.25, 0.3) is 11.6 Å². The molecule has 0 aliphatic carbocycles. The number of rotatable bonds is 6. The lowest BCUT2D eigenvalue weighted by atomic mass is 10.0. The Hall–Kier alpha value is -4.04. The van der Waals surface area contributed by atoms with Crippen LogP contribution in [0.15, 0.2) is 70.6 Å². The van der Waals surface area contributed by atoms with Crippen LogP contribution in [0, 0.1) is 6.92 Å². The van der Waals surface area contributed by atoms with Crippen LogP contribution >= 0.6 is 11.3 Å². The second kappa shape index (κ2) is 9.07. The number of esters is 1. The number of nitrogens with zero attached hydrogens (tertiary/aromatic N) is 2. The van der Waals surface area contributed by atoms with E-state index in [2.05, 4.69) is 15.5 Å². The molecule has 5 rings (SSSR count). The summed E-state index contributed by atoms with van der Waals surface area (Å²) < 4.78 is 10.6. The zero-order chi connectivity index (χ0) is 23.7. The molecule has 0 bridgehead atoms. The van der Waals surface area contributed by atoms with Crippen LogP contribution in [0.2, 0.25) is 0 Å². The molecule has 0 spiro atoms. The molecule has 2 aromatic carbocycles. The average molecular weight is 472 g/mol. The molecular weight excluding hydrogens is 450 g/mol. The van der Waals surface area contributed by atoms with Gasteiger partial charge in [0.1, 0.15) is 0 Å². The lowest BCUT2D eigenvalue weighted by molar-refractivity contribution is -0.124. The third kappa shape index (κ3) is 4.27. The van der Waals surface area contributed by atoms with Gasteiger partial charge in [-0.3, -0.25) is 4.79 Å². The first-order chi connectivity index (χ1) is 16.5. The zero-order valence-electron chi connectivity index (χ0n) is 18.6. The Morgan fingerprint density at radius 1 is 1.09 bits per heavy atom. The highest BCUT2D eigenvalue weighted by Crippen LogP contribution is 2.29. The minimum absolute atomic E-state index is 0.241. The van der Waals surface area contributed by atoms with Gasteiger partial charge in [-0.1, -0.05) is 47.6 Å². The van der Waals surface area contributed by atoms with Crippen molar-refractivity contribution in [1.82, 2.24) is 15.5 Å². The molecule has 0 fully saturated rings. The quantitative estimate of drug-likeness (QED) is 0.331. The first-order valence-corrected chi connectivity index (χ1v) is 11.6. The first kappa shape index (κ1) is 21.8. The molecule has 3 aromatic heterocycles. The van der Waals surface area contributed by atoms with Crippen LogP contribution in [-0.2, 0) is 9.53 Å². The molecule has 170 valence electrons. The number of amides is 1.